The van der Waals surface area contributed by atoms with Gasteiger partial charge in [-0.25, -0.2) is 5.10 Å². The highest BCUT2D eigenvalue weighted by Gasteiger charge is 2.43. The fraction of sp³-hybridized carbons (Fsp3) is 0.200. The molecule has 2 atom stereocenters. The van der Waals surface area contributed by atoms with Crippen LogP contribution in [0.2, 0.25) is 0 Å². The number of nitriles is 1. The van der Waals surface area contributed by atoms with Crippen LogP contribution < -0.4 is 15.4 Å². The topological polar surface area (TPSA) is 121 Å². The van der Waals surface area contributed by atoms with E-state index in [9.17, 15) is 10.1 Å². The molecule has 2 aliphatic rings. The largest absolute Gasteiger partial charge is 0.497 e. The van der Waals surface area contributed by atoms with Crippen molar-refractivity contribution in [1.82, 2.24) is 15.2 Å². The zero-order valence-corrected chi connectivity index (χ0v) is 18.0. The van der Waals surface area contributed by atoms with Crippen LogP contribution in [0.4, 0.5) is 5.95 Å². The van der Waals surface area contributed by atoms with Crippen LogP contribution in [0, 0.1) is 11.3 Å². The number of anilines is 1. The summed E-state index contributed by atoms with van der Waals surface area (Å²) < 4.78 is 5.28. The molecular formula is C25H22N6O2. The zero-order valence-electron chi connectivity index (χ0n) is 18.0. The maximum atomic E-state index is 13.7. The highest BCUT2D eigenvalue weighted by atomic mass is 16.5. The van der Waals surface area contributed by atoms with Gasteiger partial charge in [-0.15, -0.1) is 0 Å². The van der Waals surface area contributed by atoms with Gasteiger partial charge in [-0.3, -0.25) is 9.69 Å². The molecule has 0 saturated heterocycles. The number of Topliss-reactive ketones (excluding diaryl/α,β-unsaturated/α-hetero) is 1. The van der Waals surface area contributed by atoms with Crippen molar-refractivity contribution >= 4 is 11.7 Å². The van der Waals surface area contributed by atoms with Crippen molar-refractivity contribution in [3.8, 4) is 11.8 Å². The third-order valence-corrected chi connectivity index (χ3v) is 6.30. The quantitative estimate of drug-likeness (QED) is 0.639. The molecule has 8 heteroatoms. The molecule has 33 heavy (non-hydrogen) atoms. The van der Waals surface area contributed by atoms with Crippen LogP contribution >= 0.6 is 0 Å². The smallest absolute Gasteiger partial charge is 0.231 e. The monoisotopic (exact) mass is 438 g/mol. The number of methoxy groups -OCH3 is 1. The van der Waals surface area contributed by atoms with E-state index in [1.807, 2.05) is 54.6 Å². The van der Waals surface area contributed by atoms with Gasteiger partial charge in [-0.2, -0.15) is 15.3 Å². The third kappa shape index (κ3) is 3.44. The molecule has 164 valence electrons. The number of nitrogens with two attached hydrogens (primary N) is 1. The van der Waals surface area contributed by atoms with Crippen molar-refractivity contribution < 1.29 is 9.53 Å². The van der Waals surface area contributed by atoms with Gasteiger partial charge in [0.05, 0.1) is 24.7 Å². The van der Waals surface area contributed by atoms with Crippen LogP contribution in [0.1, 0.15) is 35.8 Å². The number of nitrogens with zero attached hydrogens (tertiary/aromatic N) is 4. The molecule has 3 aromatic rings. The average molecular weight is 438 g/mol. The molecule has 5 rings (SSSR count). The van der Waals surface area contributed by atoms with Crippen molar-refractivity contribution in [1.29, 1.82) is 5.26 Å². The van der Waals surface area contributed by atoms with Crippen molar-refractivity contribution in [2.24, 2.45) is 5.73 Å². The van der Waals surface area contributed by atoms with E-state index in [0.29, 0.717) is 35.7 Å². The van der Waals surface area contributed by atoms with Gasteiger partial charge < -0.3 is 10.5 Å². The molecule has 8 nitrogen and oxygen atoms in total. The van der Waals surface area contributed by atoms with Gasteiger partial charge in [0.1, 0.15) is 17.9 Å². The summed E-state index contributed by atoms with van der Waals surface area (Å²) in [6.45, 7) is 0. The normalized spacial score (nSPS) is 20.5. The van der Waals surface area contributed by atoms with Gasteiger partial charge in [0.25, 0.3) is 0 Å². The molecule has 0 fully saturated rings. The summed E-state index contributed by atoms with van der Waals surface area (Å²) in [5, 5.41) is 16.9. The van der Waals surface area contributed by atoms with Gasteiger partial charge in [-0.05, 0) is 35.6 Å². The number of benzene rings is 2. The number of aromatic nitrogens is 3. The lowest BCUT2D eigenvalue weighted by Crippen LogP contribution is -2.40. The van der Waals surface area contributed by atoms with E-state index in [2.05, 4.69) is 21.3 Å². The predicted octanol–water partition coefficient (Wildman–Crippen LogP) is 3.51. The number of hydrogen-bond donors (Lipinski definition) is 2. The first-order chi connectivity index (χ1) is 16.1. The van der Waals surface area contributed by atoms with Gasteiger partial charge in [0.2, 0.25) is 5.95 Å². The van der Waals surface area contributed by atoms with Gasteiger partial charge in [-0.1, -0.05) is 42.5 Å². The molecular weight excluding hydrogens is 416 g/mol. The van der Waals surface area contributed by atoms with Crippen molar-refractivity contribution in [3.05, 3.63) is 94.7 Å². The predicted molar refractivity (Wildman–Crippen MR) is 122 cm³/mol. The second-order valence-corrected chi connectivity index (χ2v) is 8.06. The average Bonchev–Trinajstić information content (AvgIpc) is 3.38. The lowest BCUT2D eigenvalue weighted by atomic mass is 9.72. The van der Waals surface area contributed by atoms with Gasteiger partial charge >= 0.3 is 0 Å². The minimum absolute atomic E-state index is 0.00387. The molecule has 0 radical (unpaired) electrons. The number of ketones is 1. The maximum absolute atomic E-state index is 13.7. The zero-order chi connectivity index (χ0) is 22.9. The number of carbonyl (C=O) groups is 1. The number of rotatable bonds is 4. The summed E-state index contributed by atoms with van der Waals surface area (Å²) in [6, 6.07) is 19.6. The van der Waals surface area contributed by atoms with E-state index in [0.717, 1.165) is 16.8 Å². The highest BCUT2D eigenvalue weighted by molar-refractivity contribution is 6.01. The first kappa shape index (κ1) is 20.5. The second kappa shape index (κ2) is 8.28. The first-order valence-corrected chi connectivity index (χ1v) is 10.6. The van der Waals surface area contributed by atoms with E-state index >= 15 is 0 Å². The molecule has 1 aromatic heterocycles. The van der Waals surface area contributed by atoms with E-state index < -0.39 is 5.92 Å². The molecule has 0 bridgehead atoms. The van der Waals surface area contributed by atoms with Crippen LogP contribution in [0.25, 0.3) is 0 Å². The van der Waals surface area contributed by atoms with Crippen LogP contribution in [0.5, 0.6) is 5.75 Å². The Hall–Kier alpha value is -4.38. The summed E-state index contributed by atoms with van der Waals surface area (Å²) in [5.74, 6) is 0.755. The molecule has 2 unspecified atom stereocenters. The van der Waals surface area contributed by atoms with Crippen molar-refractivity contribution in [2.45, 2.75) is 24.7 Å². The summed E-state index contributed by atoms with van der Waals surface area (Å²) in [7, 11) is 1.60. The Balaban J connectivity index is 1.69. The van der Waals surface area contributed by atoms with Gasteiger partial charge in [0.15, 0.2) is 5.78 Å². The van der Waals surface area contributed by atoms with Gasteiger partial charge in [0, 0.05) is 17.7 Å². The Labute approximate surface area is 191 Å². The molecule has 1 aliphatic heterocycles. The third-order valence-electron chi connectivity index (χ3n) is 6.30. The van der Waals surface area contributed by atoms with Crippen molar-refractivity contribution in [3.63, 3.8) is 0 Å². The number of aromatic amines is 1. The number of H-pyrrole nitrogens is 1. The molecule has 0 saturated carbocycles. The van der Waals surface area contributed by atoms with Crippen LogP contribution in [-0.2, 0) is 4.79 Å². The summed E-state index contributed by atoms with van der Waals surface area (Å²) in [5.41, 5.74) is 10.1. The summed E-state index contributed by atoms with van der Waals surface area (Å²) >= 11 is 0. The number of ether oxygens (including phenoxy) is 1. The Morgan fingerprint density at radius 1 is 1.12 bits per heavy atom. The molecule has 0 spiro atoms. The van der Waals surface area contributed by atoms with E-state index in [1.165, 1.54) is 6.33 Å². The molecule has 0 amide bonds. The molecule has 2 aromatic carbocycles. The highest BCUT2D eigenvalue weighted by Crippen LogP contribution is 2.48. The second-order valence-electron chi connectivity index (χ2n) is 8.06. The fourth-order valence-electron chi connectivity index (χ4n) is 4.77. The first-order valence-electron chi connectivity index (χ1n) is 10.6. The van der Waals surface area contributed by atoms with E-state index in [-0.39, 0.29) is 17.5 Å². The van der Waals surface area contributed by atoms with Crippen LogP contribution in [0.3, 0.4) is 0 Å². The minimum atomic E-state index is -0.556. The lowest BCUT2D eigenvalue weighted by molar-refractivity contribution is -0.116. The Morgan fingerprint density at radius 3 is 2.52 bits per heavy atom. The standard InChI is InChI=1S/C25H22N6O2/c1-33-18-9-7-16(8-10-18)22-19(13-26)24(27)31(25-28-14-29-30-25)20-11-17(12-21(32)23(20)22)15-5-3-2-4-6-15/h2-10,14,17,22H,11-12,27H2,1H3,(H,28,29,30). The Kier molecular flexibility index (Phi) is 5.15. The van der Waals surface area contributed by atoms with Crippen molar-refractivity contribution in [2.75, 3.05) is 12.0 Å². The maximum Gasteiger partial charge on any atom is 0.231 e. The van der Waals surface area contributed by atoms with Crippen LogP contribution in [0.15, 0.2) is 83.6 Å². The SMILES string of the molecule is COc1ccc(C2C(C#N)=C(N)N(c3ncn[nH]3)C3=C2C(=O)CC(c2ccccc2)C3)cc1. The van der Waals surface area contributed by atoms with Crippen LogP contribution in [-0.4, -0.2) is 28.1 Å². The number of carbonyl (C=O) groups excluding carboxylic acids is 1. The molecule has 1 aliphatic carbocycles. The molecule has 3 N–H and O–H groups in total. The van der Waals surface area contributed by atoms with E-state index in [1.54, 1.807) is 12.0 Å². The summed E-state index contributed by atoms with van der Waals surface area (Å²) in [6.07, 6.45) is 2.32. The number of allylic oxidation sites excluding steroid dienone is 3. The minimum Gasteiger partial charge on any atom is -0.497 e. The Morgan fingerprint density at radius 2 is 1.88 bits per heavy atom. The lowest BCUT2D eigenvalue weighted by Gasteiger charge is -2.40. The molecule has 2 heterocycles. The summed E-state index contributed by atoms with van der Waals surface area (Å²) in [4.78, 5) is 19.6. The Bertz CT molecular complexity index is 1290. The number of nitrogens with one attached hydrogen (secondary N) is 1. The fourth-order valence-corrected chi connectivity index (χ4v) is 4.77. The van der Waals surface area contributed by atoms with E-state index in [4.69, 9.17) is 10.5 Å². The number of hydrogen-bond acceptors (Lipinski definition) is 7.